The number of aldehydes is 1. The van der Waals surface area contributed by atoms with Crippen molar-refractivity contribution in [2.45, 2.75) is 26.6 Å². The third kappa shape index (κ3) is 3.51. The van der Waals surface area contributed by atoms with Crippen molar-refractivity contribution in [2.75, 3.05) is 19.1 Å². The van der Waals surface area contributed by atoms with Crippen LogP contribution in [0.3, 0.4) is 0 Å². The van der Waals surface area contributed by atoms with Gasteiger partial charge in [-0.15, -0.1) is 0 Å². The summed E-state index contributed by atoms with van der Waals surface area (Å²) in [7, 11) is 3.07. The Kier molecular flexibility index (Phi) is 5.69. The van der Waals surface area contributed by atoms with Crippen LogP contribution in [0.1, 0.15) is 29.8 Å². The molecule has 2 atom stereocenters. The van der Waals surface area contributed by atoms with E-state index in [0.29, 0.717) is 12.1 Å². The number of carboxylic acids is 1. The zero-order valence-electron chi connectivity index (χ0n) is 12.6. The lowest BCUT2D eigenvalue weighted by molar-refractivity contribution is -0.106. The Bertz CT molecular complexity index is 533. The first kappa shape index (κ1) is 16.9. The molecule has 1 N–H and O–H groups in total. The van der Waals surface area contributed by atoms with Crippen molar-refractivity contribution in [2.24, 2.45) is 5.92 Å². The predicted molar refractivity (Wildman–Crippen MR) is 77.9 cm³/mol. The SMILES string of the molecule is CC=O.COc1cc2c(cc1C(=O)O)CC(C)[C@H](F)N2C. The van der Waals surface area contributed by atoms with E-state index in [-0.39, 0.29) is 17.2 Å². The standard InChI is InChI=1S/C13H16FNO3.C2H4O/c1-7-4-8-5-9(13(16)17)11(18-3)6-10(8)15(2)12(7)14;1-2-3/h5-7,12H,4H2,1-3H3,(H,16,17);2H,1H3/t7?,12-;/m1./s1. The number of hydrogen-bond donors (Lipinski definition) is 1. The molecule has 21 heavy (non-hydrogen) atoms. The van der Waals surface area contributed by atoms with Crippen LogP contribution >= 0.6 is 0 Å². The quantitative estimate of drug-likeness (QED) is 0.671. The van der Waals surface area contributed by atoms with E-state index in [2.05, 4.69) is 0 Å². The van der Waals surface area contributed by atoms with Crippen LogP contribution in [0.2, 0.25) is 0 Å². The molecule has 6 heteroatoms. The van der Waals surface area contributed by atoms with Gasteiger partial charge in [-0.25, -0.2) is 9.18 Å². The summed E-state index contributed by atoms with van der Waals surface area (Å²) in [5.74, 6) is -0.931. The van der Waals surface area contributed by atoms with Gasteiger partial charge in [0.15, 0.2) is 6.30 Å². The number of anilines is 1. The molecule has 0 saturated carbocycles. The summed E-state index contributed by atoms with van der Waals surface area (Å²) in [6, 6.07) is 3.17. The van der Waals surface area contributed by atoms with Crippen molar-refractivity contribution >= 4 is 17.9 Å². The van der Waals surface area contributed by atoms with E-state index in [4.69, 9.17) is 14.6 Å². The highest BCUT2D eigenvalue weighted by atomic mass is 19.1. The van der Waals surface area contributed by atoms with Crippen molar-refractivity contribution < 1.29 is 23.8 Å². The minimum Gasteiger partial charge on any atom is -0.496 e. The molecule has 1 aromatic rings. The van der Waals surface area contributed by atoms with E-state index >= 15 is 0 Å². The van der Waals surface area contributed by atoms with Gasteiger partial charge in [0.25, 0.3) is 0 Å². The van der Waals surface area contributed by atoms with Crippen LogP contribution in [0.5, 0.6) is 5.75 Å². The summed E-state index contributed by atoms with van der Waals surface area (Å²) in [6.45, 7) is 3.26. The fourth-order valence-electron chi connectivity index (χ4n) is 2.40. The summed E-state index contributed by atoms with van der Waals surface area (Å²) < 4.78 is 19.0. The van der Waals surface area contributed by atoms with Gasteiger partial charge in [0.05, 0.1) is 7.11 Å². The smallest absolute Gasteiger partial charge is 0.339 e. The van der Waals surface area contributed by atoms with Crippen molar-refractivity contribution in [3.8, 4) is 5.75 Å². The minimum absolute atomic E-state index is 0.120. The second-order valence-corrected chi connectivity index (χ2v) is 4.89. The second kappa shape index (κ2) is 7.06. The average molecular weight is 297 g/mol. The molecule has 0 amide bonds. The van der Waals surface area contributed by atoms with E-state index in [0.717, 1.165) is 11.8 Å². The van der Waals surface area contributed by atoms with Gasteiger partial charge in [-0.05, 0) is 25.0 Å². The highest BCUT2D eigenvalue weighted by Gasteiger charge is 2.31. The number of benzene rings is 1. The molecule has 2 rings (SSSR count). The van der Waals surface area contributed by atoms with Crippen molar-refractivity contribution in [1.29, 1.82) is 0 Å². The zero-order valence-corrected chi connectivity index (χ0v) is 12.6. The molecule has 1 aromatic carbocycles. The lowest BCUT2D eigenvalue weighted by atomic mass is 9.91. The van der Waals surface area contributed by atoms with Crippen LogP contribution in [0.25, 0.3) is 0 Å². The molecule has 0 aliphatic carbocycles. The third-order valence-corrected chi connectivity index (χ3v) is 3.39. The molecule has 0 saturated heterocycles. The number of rotatable bonds is 2. The summed E-state index contributed by atoms with van der Waals surface area (Å²) in [5.41, 5.74) is 1.66. The Morgan fingerprint density at radius 2 is 2.10 bits per heavy atom. The molecule has 0 bridgehead atoms. The maximum atomic E-state index is 13.9. The topological polar surface area (TPSA) is 66.8 Å². The molecule has 1 unspecified atom stereocenters. The van der Waals surface area contributed by atoms with Crippen LogP contribution in [0.4, 0.5) is 10.1 Å². The number of aromatic carboxylic acids is 1. The summed E-state index contributed by atoms with van der Waals surface area (Å²) >= 11 is 0. The zero-order chi connectivity index (χ0) is 16.2. The molecule has 5 nitrogen and oxygen atoms in total. The Morgan fingerprint density at radius 1 is 1.52 bits per heavy atom. The van der Waals surface area contributed by atoms with Crippen LogP contribution < -0.4 is 9.64 Å². The number of methoxy groups -OCH3 is 1. The highest BCUT2D eigenvalue weighted by Crippen LogP contribution is 2.37. The molecule has 1 aliphatic heterocycles. The molecule has 1 heterocycles. The van der Waals surface area contributed by atoms with E-state index in [1.54, 1.807) is 19.2 Å². The van der Waals surface area contributed by atoms with E-state index < -0.39 is 12.3 Å². The van der Waals surface area contributed by atoms with Crippen LogP contribution in [0, 0.1) is 5.92 Å². The minimum atomic E-state index is -1.06. The van der Waals surface area contributed by atoms with E-state index in [1.165, 1.54) is 18.9 Å². The second-order valence-electron chi connectivity index (χ2n) is 4.89. The molecule has 1 aliphatic rings. The number of carbonyl (C=O) groups excluding carboxylic acids is 1. The number of alkyl halides is 1. The maximum absolute atomic E-state index is 13.9. The number of carboxylic acid groups (broad SMARTS) is 1. The number of ether oxygens (including phenoxy) is 1. The van der Waals surface area contributed by atoms with Gasteiger partial charge in [-0.3, -0.25) is 0 Å². The summed E-state index contributed by atoms with van der Waals surface area (Å²) in [5, 5.41) is 9.11. The normalized spacial score (nSPS) is 20.0. The fourth-order valence-corrected chi connectivity index (χ4v) is 2.40. The summed E-state index contributed by atoms with van der Waals surface area (Å²) in [4.78, 5) is 21.5. The van der Waals surface area contributed by atoms with Crippen molar-refractivity contribution in [3.63, 3.8) is 0 Å². The molecule has 116 valence electrons. The van der Waals surface area contributed by atoms with Gasteiger partial charge in [0, 0.05) is 24.7 Å². The Balaban J connectivity index is 0.000000677. The largest absolute Gasteiger partial charge is 0.496 e. The number of fused-ring (bicyclic) bond motifs is 1. The first-order valence-electron chi connectivity index (χ1n) is 6.58. The fraction of sp³-hybridized carbons (Fsp3) is 0.467. The van der Waals surface area contributed by atoms with Crippen molar-refractivity contribution in [1.82, 2.24) is 0 Å². The number of nitrogens with zero attached hydrogens (tertiary/aromatic N) is 1. The number of hydrogen-bond acceptors (Lipinski definition) is 4. The van der Waals surface area contributed by atoms with Crippen LogP contribution in [0.15, 0.2) is 12.1 Å². The van der Waals surface area contributed by atoms with E-state index in [1.807, 2.05) is 6.92 Å². The monoisotopic (exact) mass is 297 g/mol. The summed E-state index contributed by atoms with van der Waals surface area (Å²) in [6.07, 6.45) is 0.225. The first-order valence-corrected chi connectivity index (χ1v) is 6.58. The molecular formula is C15H20FNO4. The van der Waals surface area contributed by atoms with Gasteiger partial charge < -0.3 is 19.5 Å². The Hall–Kier alpha value is -2.11. The molecule has 0 radical (unpaired) electrons. The molecule has 0 spiro atoms. The Labute approximate surface area is 123 Å². The average Bonchev–Trinajstić information content (AvgIpc) is 2.44. The maximum Gasteiger partial charge on any atom is 0.339 e. The van der Waals surface area contributed by atoms with Gasteiger partial charge >= 0.3 is 5.97 Å². The van der Waals surface area contributed by atoms with Gasteiger partial charge in [0.2, 0.25) is 0 Å². The molecule has 0 fully saturated rings. The molecule has 0 aromatic heterocycles. The van der Waals surface area contributed by atoms with Crippen molar-refractivity contribution in [3.05, 3.63) is 23.3 Å². The third-order valence-electron chi connectivity index (χ3n) is 3.39. The van der Waals surface area contributed by atoms with Gasteiger partial charge in [-0.2, -0.15) is 0 Å². The molecular weight excluding hydrogens is 277 g/mol. The first-order chi connectivity index (χ1) is 9.87. The highest BCUT2D eigenvalue weighted by molar-refractivity contribution is 5.92. The van der Waals surface area contributed by atoms with E-state index in [9.17, 15) is 9.18 Å². The van der Waals surface area contributed by atoms with Crippen LogP contribution in [-0.2, 0) is 11.2 Å². The van der Waals surface area contributed by atoms with Gasteiger partial charge in [-0.1, -0.05) is 6.92 Å². The van der Waals surface area contributed by atoms with Gasteiger partial charge in [0.1, 0.15) is 17.6 Å². The predicted octanol–water partition coefficient (Wildman–Crippen LogP) is 2.52. The lowest BCUT2D eigenvalue weighted by Gasteiger charge is -2.35. The number of carbonyl (C=O) groups is 2. The van der Waals surface area contributed by atoms with Crippen LogP contribution in [-0.4, -0.2) is 37.8 Å². The lowest BCUT2D eigenvalue weighted by Crippen LogP contribution is -2.38. The number of halogens is 1. The Morgan fingerprint density at radius 3 is 2.57 bits per heavy atom.